The van der Waals surface area contributed by atoms with Crippen LogP contribution < -0.4 is 10.6 Å². The van der Waals surface area contributed by atoms with Gasteiger partial charge in [0.05, 0.1) is 5.56 Å². The summed E-state index contributed by atoms with van der Waals surface area (Å²) >= 11 is 0. The Kier molecular flexibility index (Phi) is 7.76. The first-order valence-electron chi connectivity index (χ1n) is 10.7. The number of hydrogen-bond donors (Lipinski definition) is 2. The summed E-state index contributed by atoms with van der Waals surface area (Å²) in [6.07, 6.45) is 1.87. The number of hydrogen-bond acceptors (Lipinski definition) is 3. The zero-order valence-corrected chi connectivity index (χ0v) is 17.6. The number of carbonyl (C=O) groups is 3. The number of nitrogens with zero attached hydrogens (tertiary/aromatic N) is 1. The van der Waals surface area contributed by atoms with Gasteiger partial charge in [0.15, 0.2) is 0 Å². The minimum absolute atomic E-state index is 0.0515. The molecule has 3 rings (SSSR count). The predicted molar refractivity (Wildman–Crippen MR) is 116 cm³/mol. The van der Waals surface area contributed by atoms with Gasteiger partial charge in [-0.1, -0.05) is 37.3 Å². The second-order valence-corrected chi connectivity index (χ2v) is 7.72. The normalized spacial score (nSPS) is 15.2. The van der Waals surface area contributed by atoms with Gasteiger partial charge in [-0.2, -0.15) is 0 Å². The summed E-state index contributed by atoms with van der Waals surface area (Å²) in [5, 5.41) is 5.75. The number of rotatable bonds is 7. The van der Waals surface area contributed by atoms with Crippen molar-refractivity contribution in [1.29, 1.82) is 0 Å². The van der Waals surface area contributed by atoms with Crippen molar-refractivity contribution in [3.8, 4) is 0 Å². The quantitative estimate of drug-likeness (QED) is 0.716. The minimum atomic E-state index is -0.690. The summed E-state index contributed by atoms with van der Waals surface area (Å²) in [5.41, 5.74) is 0.540. The summed E-state index contributed by atoms with van der Waals surface area (Å²) < 4.78 is 14.0. The lowest BCUT2D eigenvalue weighted by atomic mass is 9.88. The first-order chi connectivity index (χ1) is 15.0. The Hall–Kier alpha value is -3.22. The Morgan fingerprint density at radius 1 is 1.03 bits per heavy atom. The first kappa shape index (κ1) is 22.5. The minimum Gasteiger partial charge on any atom is -0.354 e. The van der Waals surface area contributed by atoms with Gasteiger partial charge in [0.1, 0.15) is 11.9 Å². The van der Waals surface area contributed by atoms with E-state index in [1.807, 2.05) is 13.0 Å². The number of carbonyl (C=O) groups excluding carboxylic acids is 3. The van der Waals surface area contributed by atoms with Crippen molar-refractivity contribution in [2.45, 2.75) is 32.2 Å². The largest absolute Gasteiger partial charge is 0.354 e. The third-order valence-corrected chi connectivity index (χ3v) is 5.56. The van der Waals surface area contributed by atoms with E-state index in [-0.39, 0.29) is 29.2 Å². The fourth-order valence-corrected chi connectivity index (χ4v) is 3.81. The van der Waals surface area contributed by atoms with E-state index in [2.05, 4.69) is 10.6 Å². The lowest BCUT2D eigenvalue weighted by molar-refractivity contribution is -0.124. The van der Waals surface area contributed by atoms with Crippen LogP contribution >= 0.6 is 0 Å². The summed E-state index contributed by atoms with van der Waals surface area (Å²) in [5.74, 6) is -1.53. The Labute approximate surface area is 181 Å². The number of halogens is 1. The molecule has 1 heterocycles. The van der Waals surface area contributed by atoms with Crippen LogP contribution in [0.4, 0.5) is 4.39 Å². The van der Waals surface area contributed by atoms with E-state index in [1.54, 1.807) is 41.3 Å². The molecule has 2 N–H and O–H groups in total. The zero-order valence-electron chi connectivity index (χ0n) is 17.6. The molecule has 3 amide bonds. The van der Waals surface area contributed by atoms with Gasteiger partial charge in [-0.15, -0.1) is 0 Å². The maximum Gasteiger partial charge on any atom is 0.256 e. The van der Waals surface area contributed by atoms with Gasteiger partial charge < -0.3 is 15.5 Å². The van der Waals surface area contributed by atoms with Gasteiger partial charge in [-0.25, -0.2) is 4.39 Å². The van der Waals surface area contributed by atoms with Crippen LogP contribution in [0.1, 0.15) is 46.9 Å². The number of likely N-dealkylation sites (tertiary alicyclic amines) is 1. The highest BCUT2D eigenvalue weighted by Crippen LogP contribution is 2.23. The van der Waals surface area contributed by atoms with E-state index >= 15 is 0 Å². The lowest BCUT2D eigenvalue weighted by Gasteiger charge is -2.36. The molecule has 1 fully saturated rings. The maximum absolute atomic E-state index is 14.0. The monoisotopic (exact) mass is 425 g/mol. The average Bonchev–Trinajstić information content (AvgIpc) is 2.81. The van der Waals surface area contributed by atoms with E-state index in [0.29, 0.717) is 38.0 Å². The van der Waals surface area contributed by atoms with Crippen molar-refractivity contribution in [3.05, 3.63) is 71.5 Å². The Balaban J connectivity index is 1.67. The molecule has 2 aromatic rings. The highest BCUT2D eigenvalue weighted by Gasteiger charge is 2.34. The molecule has 1 atom stereocenters. The smallest absolute Gasteiger partial charge is 0.256 e. The molecule has 7 heteroatoms. The van der Waals surface area contributed by atoms with Crippen molar-refractivity contribution >= 4 is 17.7 Å². The van der Waals surface area contributed by atoms with Gasteiger partial charge >= 0.3 is 0 Å². The highest BCUT2D eigenvalue weighted by atomic mass is 19.1. The molecule has 0 aliphatic carbocycles. The SMILES string of the molecule is CCCNC(=O)C(NC(=O)c1ccccc1)C1CCN(C(=O)c2ccccc2F)CC1. The summed E-state index contributed by atoms with van der Waals surface area (Å²) in [4.78, 5) is 39.7. The molecule has 2 aromatic carbocycles. The van der Waals surface area contributed by atoms with Crippen molar-refractivity contribution in [3.63, 3.8) is 0 Å². The van der Waals surface area contributed by atoms with Crippen molar-refractivity contribution in [2.75, 3.05) is 19.6 Å². The van der Waals surface area contributed by atoms with Gasteiger partial charge in [0.2, 0.25) is 5.91 Å². The van der Waals surface area contributed by atoms with Gasteiger partial charge in [-0.3, -0.25) is 14.4 Å². The van der Waals surface area contributed by atoms with Crippen LogP contribution in [-0.2, 0) is 4.79 Å². The fourth-order valence-electron chi connectivity index (χ4n) is 3.81. The van der Waals surface area contributed by atoms with E-state index < -0.39 is 11.9 Å². The molecule has 31 heavy (non-hydrogen) atoms. The molecule has 0 radical (unpaired) electrons. The molecule has 1 unspecified atom stereocenters. The fraction of sp³-hybridized carbons (Fsp3) is 0.375. The average molecular weight is 426 g/mol. The molecule has 0 aromatic heterocycles. The number of benzene rings is 2. The maximum atomic E-state index is 14.0. The zero-order chi connectivity index (χ0) is 22.2. The van der Waals surface area contributed by atoms with Crippen LogP contribution in [-0.4, -0.2) is 48.3 Å². The summed E-state index contributed by atoms with van der Waals surface area (Å²) in [6, 6.07) is 14.0. The molecule has 1 aliphatic heterocycles. The second kappa shape index (κ2) is 10.7. The topological polar surface area (TPSA) is 78.5 Å². The molecule has 0 spiro atoms. The number of amides is 3. The molecule has 1 saturated heterocycles. The molecule has 164 valence electrons. The Morgan fingerprint density at radius 3 is 2.32 bits per heavy atom. The first-order valence-corrected chi connectivity index (χ1v) is 10.7. The van der Waals surface area contributed by atoms with E-state index in [0.717, 1.165) is 6.42 Å². The highest BCUT2D eigenvalue weighted by molar-refractivity contribution is 5.97. The molecule has 6 nitrogen and oxygen atoms in total. The number of piperidine rings is 1. The van der Waals surface area contributed by atoms with E-state index in [4.69, 9.17) is 0 Å². The summed E-state index contributed by atoms with van der Waals surface area (Å²) in [7, 11) is 0. The second-order valence-electron chi connectivity index (χ2n) is 7.72. The molecule has 0 saturated carbocycles. The van der Waals surface area contributed by atoms with E-state index in [9.17, 15) is 18.8 Å². The van der Waals surface area contributed by atoms with Crippen molar-refractivity contribution < 1.29 is 18.8 Å². The van der Waals surface area contributed by atoms with Crippen LogP contribution in [0.3, 0.4) is 0 Å². The van der Waals surface area contributed by atoms with Crippen LogP contribution in [0.15, 0.2) is 54.6 Å². The van der Waals surface area contributed by atoms with Crippen LogP contribution in [0, 0.1) is 11.7 Å². The van der Waals surface area contributed by atoms with Crippen LogP contribution in [0.2, 0.25) is 0 Å². The lowest BCUT2D eigenvalue weighted by Crippen LogP contribution is -2.54. The Bertz CT molecular complexity index is 911. The Morgan fingerprint density at radius 2 is 1.68 bits per heavy atom. The predicted octanol–water partition coefficient (Wildman–Crippen LogP) is 3.00. The third kappa shape index (κ3) is 5.69. The standard InChI is InChI=1S/C24H28FN3O3/c1-2-14-26-23(30)21(27-22(29)18-8-4-3-5-9-18)17-12-15-28(16-13-17)24(31)19-10-6-7-11-20(19)25/h3-11,17,21H,2,12-16H2,1H3,(H,26,30)(H,27,29). The van der Waals surface area contributed by atoms with Crippen LogP contribution in [0.5, 0.6) is 0 Å². The van der Waals surface area contributed by atoms with Crippen LogP contribution in [0.25, 0.3) is 0 Å². The number of nitrogens with one attached hydrogen (secondary N) is 2. The van der Waals surface area contributed by atoms with Gasteiger partial charge in [0.25, 0.3) is 11.8 Å². The van der Waals surface area contributed by atoms with E-state index in [1.165, 1.54) is 12.1 Å². The molecule has 0 bridgehead atoms. The molecular weight excluding hydrogens is 397 g/mol. The molecule has 1 aliphatic rings. The van der Waals surface area contributed by atoms with Crippen molar-refractivity contribution in [2.24, 2.45) is 5.92 Å². The molecular formula is C24H28FN3O3. The van der Waals surface area contributed by atoms with Crippen molar-refractivity contribution in [1.82, 2.24) is 15.5 Å². The van der Waals surface area contributed by atoms with Gasteiger partial charge in [-0.05, 0) is 49.4 Å². The summed E-state index contributed by atoms with van der Waals surface area (Å²) in [6.45, 7) is 3.29. The third-order valence-electron chi connectivity index (χ3n) is 5.56. The van der Waals surface area contributed by atoms with Gasteiger partial charge in [0, 0.05) is 25.2 Å².